The van der Waals surface area contributed by atoms with Crippen molar-refractivity contribution in [2.45, 2.75) is 26.3 Å². The maximum absolute atomic E-state index is 13.7. The fourth-order valence-corrected chi connectivity index (χ4v) is 2.68. The Labute approximate surface area is 123 Å². The Balaban J connectivity index is 2.00. The second-order valence-electron chi connectivity index (χ2n) is 5.56. The van der Waals surface area contributed by atoms with Crippen LogP contribution in [0.1, 0.15) is 25.3 Å². The molecule has 1 fully saturated rings. The second kappa shape index (κ2) is 5.97. The number of oxime groups is 1. The summed E-state index contributed by atoms with van der Waals surface area (Å²) in [6, 6.07) is 4.60. The first-order valence-electron chi connectivity index (χ1n) is 6.59. The second-order valence-corrected chi connectivity index (χ2v) is 5.99. The van der Waals surface area contributed by atoms with E-state index in [-0.39, 0.29) is 17.1 Å². The molecule has 0 spiro atoms. The summed E-state index contributed by atoms with van der Waals surface area (Å²) in [5.41, 5.74) is 6.05. The standard InChI is InChI=1S/C14H19ClFN3O/c1-14(13(17)18-20)4-6-19(7-5-14)9-10-8-11(15)2-3-12(10)16/h2-3,8,20H,4-7,9H2,1H3,(H2,17,18). The van der Waals surface area contributed by atoms with Crippen molar-refractivity contribution in [3.05, 3.63) is 34.6 Å². The van der Waals surface area contributed by atoms with Gasteiger partial charge in [0.15, 0.2) is 0 Å². The van der Waals surface area contributed by atoms with Crippen LogP contribution in [-0.2, 0) is 6.54 Å². The van der Waals surface area contributed by atoms with Gasteiger partial charge in [-0.2, -0.15) is 0 Å². The fourth-order valence-electron chi connectivity index (χ4n) is 2.49. The summed E-state index contributed by atoms with van der Waals surface area (Å²) in [5.74, 6) is 0.0326. The number of amidine groups is 1. The minimum atomic E-state index is -0.280. The highest BCUT2D eigenvalue weighted by molar-refractivity contribution is 6.30. The lowest BCUT2D eigenvalue weighted by atomic mass is 9.79. The fraction of sp³-hybridized carbons (Fsp3) is 0.500. The number of nitrogens with two attached hydrogens (primary N) is 1. The van der Waals surface area contributed by atoms with E-state index in [1.54, 1.807) is 12.1 Å². The molecule has 1 heterocycles. The van der Waals surface area contributed by atoms with Gasteiger partial charge in [0.25, 0.3) is 0 Å². The maximum atomic E-state index is 13.7. The Hall–Kier alpha value is -1.33. The Morgan fingerprint density at radius 1 is 1.50 bits per heavy atom. The van der Waals surface area contributed by atoms with Crippen molar-refractivity contribution in [2.75, 3.05) is 13.1 Å². The van der Waals surface area contributed by atoms with E-state index < -0.39 is 0 Å². The predicted molar refractivity (Wildman–Crippen MR) is 77.4 cm³/mol. The lowest BCUT2D eigenvalue weighted by molar-refractivity contribution is 0.151. The Morgan fingerprint density at radius 2 is 2.15 bits per heavy atom. The number of benzene rings is 1. The van der Waals surface area contributed by atoms with Gasteiger partial charge in [0.05, 0.1) is 0 Å². The first-order chi connectivity index (χ1) is 9.44. The zero-order valence-electron chi connectivity index (χ0n) is 11.4. The third-order valence-electron chi connectivity index (χ3n) is 4.09. The summed E-state index contributed by atoms with van der Waals surface area (Å²) in [6.07, 6.45) is 1.57. The Kier molecular flexibility index (Phi) is 4.50. The van der Waals surface area contributed by atoms with Crippen molar-refractivity contribution in [3.63, 3.8) is 0 Å². The van der Waals surface area contributed by atoms with Gasteiger partial charge in [0.2, 0.25) is 0 Å². The minimum absolute atomic E-state index is 0.237. The topological polar surface area (TPSA) is 61.9 Å². The molecule has 1 aromatic rings. The first kappa shape index (κ1) is 15.1. The molecule has 0 saturated carbocycles. The molecule has 1 aliphatic heterocycles. The summed E-state index contributed by atoms with van der Waals surface area (Å²) >= 11 is 5.89. The Morgan fingerprint density at radius 3 is 2.75 bits per heavy atom. The largest absolute Gasteiger partial charge is 0.409 e. The van der Waals surface area contributed by atoms with Crippen LogP contribution in [0.4, 0.5) is 4.39 Å². The quantitative estimate of drug-likeness (QED) is 0.390. The van der Waals surface area contributed by atoms with Gasteiger partial charge >= 0.3 is 0 Å². The number of halogens is 2. The van der Waals surface area contributed by atoms with Gasteiger partial charge in [-0.05, 0) is 44.1 Å². The highest BCUT2D eigenvalue weighted by atomic mass is 35.5. The number of hydrogen-bond acceptors (Lipinski definition) is 3. The highest BCUT2D eigenvalue weighted by Crippen LogP contribution is 2.32. The van der Waals surface area contributed by atoms with Crippen LogP contribution in [-0.4, -0.2) is 29.0 Å². The molecule has 0 amide bonds. The summed E-state index contributed by atoms with van der Waals surface area (Å²) in [7, 11) is 0. The molecule has 110 valence electrons. The van der Waals surface area contributed by atoms with E-state index in [0.29, 0.717) is 17.1 Å². The van der Waals surface area contributed by atoms with Gasteiger partial charge in [-0.15, -0.1) is 0 Å². The van der Waals surface area contributed by atoms with Crippen molar-refractivity contribution in [1.29, 1.82) is 0 Å². The summed E-state index contributed by atoms with van der Waals surface area (Å²) in [4.78, 5) is 2.15. The van der Waals surface area contributed by atoms with E-state index in [2.05, 4.69) is 10.1 Å². The monoisotopic (exact) mass is 299 g/mol. The maximum Gasteiger partial charge on any atom is 0.145 e. The van der Waals surface area contributed by atoms with Crippen LogP contribution < -0.4 is 5.73 Å². The number of nitrogens with zero attached hydrogens (tertiary/aromatic N) is 2. The van der Waals surface area contributed by atoms with Crippen LogP contribution in [0.25, 0.3) is 0 Å². The molecule has 1 aromatic carbocycles. The number of hydrogen-bond donors (Lipinski definition) is 2. The molecule has 4 nitrogen and oxygen atoms in total. The molecule has 0 aliphatic carbocycles. The van der Waals surface area contributed by atoms with E-state index in [1.165, 1.54) is 6.07 Å². The van der Waals surface area contributed by atoms with Gasteiger partial charge in [0.1, 0.15) is 11.7 Å². The number of rotatable bonds is 3. The molecule has 0 radical (unpaired) electrons. The van der Waals surface area contributed by atoms with E-state index in [9.17, 15) is 4.39 Å². The molecular weight excluding hydrogens is 281 g/mol. The average Bonchev–Trinajstić information content (AvgIpc) is 2.44. The predicted octanol–water partition coefficient (Wildman–Crippen LogP) is 2.83. The van der Waals surface area contributed by atoms with Crippen LogP contribution in [0.5, 0.6) is 0 Å². The van der Waals surface area contributed by atoms with Gasteiger partial charge in [-0.1, -0.05) is 23.7 Å². The van der Waals surface area contributed by atoms with E-state index in [4.69, 9.17) is 22.5 Å². The summed E-state index contributed by atoms with van der Waals surface area (Å²) < 4.78 is 13.7. The molecule has 3 N–H and O–H groups in total. The number of likely N-dealkylation sites (tertiary alicyclic amines) is 1. The smallest absolute Gasteiger partial charge is 0.145 e. The first-order valence-corrected chi connectivity index (χ1v) is 6.97. The minimum Gasteiger partial charge on any atom is -0.409 e. The van der Waals surface area contributed by atoms with Crippen LogP contribution >= 0.6 is 11.6 Å². The molecule has 0 bridgehead atoms. The zero-order chi connectivity index (χ0) is 14.8. The normalized spacial score (nSPS) is 20.1. The van der Waals surface area contributed by atoms with Crippen LogP contribution in [0.2, 0.25) is 5.02 Å². The Bertz CT molecular complexity index is 513. The van der Waals surface area contributed by atoms with Gasteiger partial charge < -0.3 is 10.9 Å². The van der Waals surface area contributed by atoms with Crippen LogP contribution in [0.3, 0.4) is 0 Å². The number of piperidine rings is 1. The van der Waals surface area contributed by atoms with Gasteiger partial charge in [-0.3, -0.25) is 4.90 Å². The van der Waals surface area contributed by atoms with Crippen molar-refractivity contribution in [3.8, 4) is 0 Å². The highest BCUT2D eigenvalue weighted by Gasteiger charge is 2.34. The van der Waals surface area contributed by atoms with Crippen molar-refractivity contribution in [1.82, 2.24) is 4.90 Å². The van der Waals surface area contributed by atoms with Crippen molar-refractivity contribution >= 4 is 17.4 Å². The van der Waals surface area contributed by atoms with Gasteiger partial charge in [0, 0.05) is 22.5 Å². The SMILES string of the molecule is CC1(/C(N)=N/O)CCN(Cc2cc(Cl)ccc2F)CC1. The van der Waals surface area contributed by atoms with E-state index >= 15 is 0 Å². The van der Waals surface area contributed by atoms with Crippen molar-refractivity contribution in [2.24, 2.45) is 16.3 Å². The van der Waals surface area contributed by atoms with Crippen LogP contribution in [0, 0.1) is 11.2 Å². The third kappa shape index (κ3) is 3.22. The van der Waals surface area contributed by atoms with E-state index in [1.807, 2.05) is 6.92 Å². The molecular formula is C14H19ClFN3O. The summed E-state index contributed by atoms with van der Waals surface area (Å²) in [5, 5.41) is 12.5. The molecule has 1 aliphatic rings. The molecule has 6 heteroatoms. The van der Waals surface area contributed by atoms with Gasteiger partial charge in [-0.25, -0.2) is 4.39 Å². The lowest BCUT2D eigenvalue weighted by Crippen LogP contribution is -2.45. The summed E-state index contributed by atoms with van der Waals surface area (Å²) in [6.45, 7) is 4.06. The molecule has 2 rings (SSSR count). The van der Waals surface area contributed by atoms with E-state index in [0.717, 1.165) is 25.9 Å². The molecule has 1 saturated heterocycles. The third-order valence-corrected chi connectivity index (χ3v) is 4.32. The van der Waals surface area contributed by atoms with Crippen LogP contribution in [0.15, 0.2) is 23.4 Å². The average molecular weight is 300 g/mol. The molecule has 0 aromatic heterocycles. The molecule has 0 unspecified atom stereocenters. The zero-order valence-corrected chi connectivity index (χ0v) is 12.2. The van der Waals surface area contributed by atoms with Crippen molar-refractivity contribution < 1.29 is 9.60 Å². The lowest BCUT2D eigenvalue weighted by Gasteiger charge is -2.38. The molecule has 20 heavy (non-hydrogen) atoms. The molecule has 0 atom stereocenters.